The molecule has 1 aromatic carbocycles. The third-order valence-electron chi connectivity index (χ3n) is 2.11. The second-order valence-electron chi connectivity index (χ2n) is 3.30. The number of aromatic nitrogens is 2. The van der Waals surface area contributed by atoms with Gasteiger partial charge in [0.25, 0.3) is 5.88 Å². The first-order chi connectivity index (χ1) is 9.02. The van der Waals surface area contributed by atoms with E-state index in [2.05, 4.69) is 25.9 Å². The minimum absolute atomic E-state index is 0.0214. The van der Waals surface area contributed by atoms with E-state index in [4.69, 9.17) is 32.7 Å². The van der Waals surface area contributed by atoms with Crippen molar-refractivity contribution < 1.29 is 13.9 Å². The van der Waals surface area contributed by atoms with Crippen molar-refractivity contribution in [3.63, 3.8) is 0 Å². The SMILES string of the molecule is COc1c(Cl)ncnc1Oc1cc(F)c(Cl)cc1Br. The zero-order valence-corrected chi connectivity index (χ0v) is 12.6. The molecule has 0 N–H and O–H groups in total. The molecule has 0 aliphatic carbocycles. The largest absolute Gasteiger partial charge is 0.489 e. The van der Waals surface area contributed by atoms with Gasteiger partial charge in [0.1, 0.15) is 17.9 Å². The number of hydrogen-bond donors (Lipinski definition) is 0. The number of ether oxygens (including phenoxy) is 2. The van der Waals surface area contributed by atoms with E-state index in [9.17, 15) is 4.39 Å². The van der Waals surface area contributed by atoms with Gasteiger partial charge in [0, 0.05) is 6.07 Å². The maximum Gasteiger partial charge on any atom is 0.267 e. The van der Waals surface area contributed by atoms with Gasteiger partial charge >= 0.3 is 0 Å². The van der Waals surface area contributed by atoms with Crippen LogP contribution in [0.15, 0.2) is 22.9 Å². The van der Waals surface area contributed by atoms with Crippen LogP contribution in [0.25, 0.3) is 0 Å². The number of nitrogens with zero attached hydrogens (tertiary/aromatic N) is 2. The molecule has 2 rings (SSSR count). The number of hydrogen-bond acceptors (Lipinski definition) is 4. The van der Waals surface area contributed by atoms with Crippen LogP contribution in [0.4, 0.5) is 4.39 Å². The molecule has 0 aliphatic heterocycles. The fraction of sp³-hybridized carbons (Fsp3) is 0.0909. The van der Waals surface area contributed by atoms with E-state index in [1.165, 1.54) is 19.5 Å². The maximum atomic E-state index is 13.4. The van der Waals surface area contributed by atoms with Crippen molar-refractivity contribution in [3.05, 3.63) is 38.9 Å². The highest BCUT2D eigenvalue weighted by molar-refractivity contribution is 9.10. The van der Waals surface area contributed by atoms with Crippen molar-refractivity contribution in [2.75, 3.05) is 7.11 Å². The van der Waals surface area contributed by atoms with Crippen LogP contribution in [-0.4, -0.2) is 17.1 Å². The summed E-state index contributed by atoms with van der Waals surface area (Å²) in [6, 6.07) is 2.50. The van der Waals surface area contributed by atoms with Crippen LogP contribution in [0.1, 0.15) is 0 Å². The van der Waals surface area contributed by atoms with Crippen molar-refractivity contribution in [3.8, 4) is 17.4 Å². The molecule has 19 heavy (non-hydrogen) atoms. The van der Waals surface area contributed by atoms with Gasteiger partial charge in [-0.2, -0.15) is 4.98 Å². The molecule has 0 radical (unpaired) electrons. The summed E-state index contributed by atoms with van der Waals surface area (Å²) in [7, 11) is 1.40. The van der Waals surface area contributed by atoms with Gasteiger partial charge in [0.05, 0.1) is 16.6 Å². The molecule has 1 aromatic heterocycles. The lowest BCUT2D eigenvalue weighted by molar-refractivity contribution is 0.365. The standard InChI is InChI=1S/C11H6BrCl2FN2O2/c1-18-9-10(14)16-4-17-11(9)19-8-3-7(15)6(13)2-5(8)12/h2-4H,1H3. The second kappa shape index (κ2) is 5.90. The molecule has 1 heterocycles. The average molecular weight is 368 g/mol. The van der Waals surface area contributed by atoms with Crippen molar-refractivity contribution in [1.82, 2.24) is 9.97 Å². The Bertz CT molecular complexity index is 628. The first kappa shape index (κ1) is 14.3. The van der Waals surface area contributed by atoms with Crippen LogP contribution >= 0.6 is 39.1 Å². The highest BCUT2D eigenvalue weighted by atomic mass is 79.9. The third kappa shape index (κ3) is 3.08. The Morgan fingerprint density at radius 3 is 2.68 bits per heavy atom. The first-order valence-electron chi connectivity index (χ1n) is 4.89. The van der Waals surface area contributed by atoms with Gasteiger partial charge in [-0.05, 0) is 22.0 Å². The van der Waals surface area contributed by atoms with Crippen molar-refractivity contribution in [2.45, 2.75) is 0 Å². The minimum atomic E-state index is -0.612. The zero-order chi connectivity index (χ0) is 14.0. The molecular weight excluding hydrogens is 362 g/mol. The van der Waals surface area contributed by atoms with Crippen LogP contribution in [0.3, 0.4) is 0 Å². The Morgan fingerprint density at radius 1 is 1.26 bits per heavy atom. The molecule has 2 aromatic rings. The summed E-state index contributed by atoms with van der Waals surface area (Å²) in [4.78, 5) is 7.63. The van der Waals surface area contributed by atoms with Gasteiger partial charge in [-0.1, -0.05) is 23.2 Å². The Labute approximate surface area is 126 Å². The summed E-state index contributed by atoms with van der Waals surface area (Å²) in [5, 5.41) is 0.0740. The molecular formula is C11H6BrCl2FN2O2. The normalized spacial score (nSPS) is 10.4. The lowest BCUT2D eigenvalue weighted by Gasteiger charge is -2.11. The number of methoxy groups -OCH3 is 1. The molecule has 100 valence electrons. The van der Waals surface area contributed by atoms with Crippen LogP contribution in [0.2, 0.25) is 10.2 Å². The minimum Gasteiger partial charge on any atom is -0.489 e. The summed E-state index contributed by atoms with van der Waals surface area (Å²) in [5.74, 6) is -0.190. The number of rotatable bonds is 3. The average Bonchev–Trinajstić information content (AvgIpc) is 2.36. The van der Waals surface area contributed by atoms with E-state index < -0.39 is 5.82 Å². The molecule has 0 amide bonds. The van der Waals surface area contributed by atoms with E-state index >= 15 is 0 Å². The first-order valence-corrected chi connectivity index (χ1v) is 6.44. The summed E-state index contributed by atoms with van der Waals surface area (Å²) in [5.41, 5.74) is 0. The van der Waals surface area contributed by atoms with Crippen molar-refractivity contribution in [1.29, 1.82) is 0 Å². The molecule has 0 atom stereocenters. The predicted octanol–water partition coefficient (Wildman–Crippen LogP) is 4.49. The van der Waals surface area contributed by atoms with E-state index in [-0.39, 0.29) is 27.6 Å². The van der Waals surface area contributed by atoms with Gasteiger partial charge in [-0.25, -0.2) is 9.37 Å². The molecule has 0 saturated carbocycles. The maximum absolute atomic E-state index is 13.4. The molecule has 0 saturated heterocycles. The Balaban J connectivity index is 2.42. The molecule has 0 fully saturated rings. The summed E-state index contributed by atoms with van der Waals surface area (Å²) < 4.78 is 24.3. The molecule has 0 unspecified atom stereocenters. The monoisotopic (exact) mass is 366 g/mol. The third-order valence-corrected chi connectivity index (χ3v) is 3.29. The Morgan fingerprint density at radius 2 is 2.00 bits per heavy atom. The molecule has 0 spiro atoms. The van der Waals surface area contributed by atoms with Crippen LogP contribution in [-0.2, 0) is 0 Å². The fourth-order valence-electron chi connectivity index (χ4n) is 1.27. The Hall–Kier alpha value is -1.11. The Kier molecular flexibility index (Phi) is 4.44. The van der Waals surface area contributed by atoms with E-state index in [0.717, 1.165) is 6.07 Å². The summed E-state index contributed by atoms with van der Waals surface area (Å²) >= 11 is 14.7. The van der Waals surface area contributed by atoms with Gasteiger partial charge in [-0.15, -0.1) is 0 Å². The highest BCUT2D eigenvalue weighted by Gasteiger charge is 2.15. The highest BCUT2D eigenvalue weighted by Crippen LogP contribution is 2.38. The van der Waals surface area contributed by atoms with Gasteiger partial charge < -0.3 is 9.47 Å². The number of halogens is 4. The summed E-state index contributed by atoms with van der Waals surface area (Å²) in [6.45, 7) is 0. The summed E-state index contributed by atoms with van der Waals surface area (Å²) in [6.07, 6.45) is 1.21. The number of benzene rings is 1. The van der Waals surface area contributed by atoms with E-state index in [1.54, 1.807) is 0 Å². The van der Waals surface area contributed by atoms with Crippen molar-refractivity contribution >= 4 is 39.1 Å². The van der Waals surface area contributed by atoms with Gasteiger partial charge in [0.15, 0.2) is 5.15 Å². The van der Waals surface area contributed by atoms with Crippen molar-refractivity contribution in [2.24, 2.45) is 0 Å². The molecule has 0 bridgehead atoms. The quantitative estimate of drug-likeness (QED) is 0.592. The van der Waals surface area contributed by atoms with Gasteiger partial charge in [0.2, 0.25) is 5.75 Å². The zero-order valence-electron chi connectivity index (χ0n) is 9.45. The van der Waals surface area contributed by atoms with E-state index in [1.807, 2.05) is 0 Å². The fourth-order valence-corrected chi connectivity index (χ4v) is 2.19. The smallest absolute Gasteiger partial charge is 0.267 e. The van der Waals surface area contributed by atoms with Crippen LogP contribution in [0.5, 0.6) is 17.4 Å². The van der Waals surface area contributed by atoms with Gasteiger partial charge in [-0.3, -0.25) is 0 Å². The second-order valence-corrected chi connectivity index (χ2v) is 4.92. The van der Waals surface area contributed by atoms with E-state index in [0.29, 0.717) is 4.47 Å². The lowest BCUT2D eigenvalue weighted by atomic mass is 10.3. The molecule has 0 aliphatic rings. The van der Waals surface area contributed by atoms with Crippen LogP contribution < -0.4 is 9.47 Å². The predicted molar refractivity (Wildman–Crippen MR) is 72.8 cm³/mol. The van der Waals surface area contributed by atoms with Crippen LogP contribution in [0, 0.1) is 5.82 Å². The topological polar surface area (TPSA) is 44.2 Å². The molecule has 8 heteroatoms. The molecule has 4 nitrogen and oxygen atoms in total. The lowest BCUT2D eigenvalue weighted by Crippen LogP contribution is -1.96.